The summed E-state index contributed by atoms with van der Waals surface area (Å²) in [6.45, 7) is 2.71. The summed E-state index contributed by atoms with van der Waals surface area (Å²) >= 11 is 0. The highest BCUT2D eigenvalue weighted by Gasteiger charge is 2.16. The number of benzene rings is 1. The summed E-state index contributed by atoms with van der Waals surface area (Å²) in [7, 11) is 0. The Morgan fingerprint density at radius 1 is 1.33 bits per heavy atom. The van der Waals surface area contributed by atoms with Crippen LogP contribution in [0.4, 0.5) is 4.39 Å². The fraction of sp³-hybridized carbons (Fsp3) is 0.500. The van der Waals surface area contributed by atoms with Crippen LogP contribution >= 0.6 is 0 Å². The predicted octanol–water partition coefficient (Wildman–Crippen LogP) is 1.95. The molecule has 2 nitrogen and oxygen atoms in total. The summed E-state index contributed by atoms with van der Waals surface area (Å²) in [5, 5.41) is 9.90. The lowest BCUT2D eigenvalue weighted by atomic mass is 10.1. The van der Waals surface area contributed by atoms with Gasteiger partial charge in [0, 0.05) is 6.54 Å². The molecule has 2 rings (SSSR count). The number of β-amino-alcohol motifs (C(OH)–C–C–N with tert-alkyl or cyclic N) is 1. The second-order valence-corrected chi connectivity index (χ2v) is 4.08. The van der Waals surface area contributed by atoms with Gasteiger partial charge < -0.3 is 10.0 Å². The minimum Gasteiger partial charge on any atom is -0.387 e. The van der Waals surface area contributed by atoms with Crippen molar-refractivity contribution in [2.75, 3.05) is 19.6 Å². The van der Waals surface area contributed by atoms with E-state index in [4.69, 9.17) is 0 Å². The van der Waals surface area contributed by atoms with Crippen molar-refractivity contribution in [2.45, 2.75) is 18.9 Å². The first-order chi connectivity index (χ1) is 7.25. The summed E-state index contributed by atoms with van der Waals surface area (Å²) in [5.74, 6) is -0.284. The van der Waals surface area contributed by atoms with Crippen molar-refractivity contribution in [1.29, 1.82) is 0 Å². The lowest BCUT2D eigenvalue weighted by Crippen LogP contribution is -2.25. The monoisotopic (exact) mass is 209 g/mol. The van der Waals surface area contributed by atoms with Crippen LogP contribution in [-0.4, -0.2) is 29.6 Å². The van der Waals surface area contributed by atoms with Crippen molar-refractivity contribution >= 4 is 0 Å². The van der Waals surface area contributed by atoms with E-state index in [2.05, 4.69) is 4.90 Å². The number of hydrogen-bond acceptors (Lipinski definition) is 2. The van der Waals surface area contributed by atoms with E-state index in [9.17, 15) is 9.50 Å². The lowest BCUT2D eigenvalue weighted by Gasteiger charge is -2.19. The zero-order chi connectivity index (χ0) is 10.7. The van der Waals surface area contributed by atoms with E-state index in [1.165, 1.54) is 25.0 Å². The van der Waals surface area contributed by atoms with E-state index in [1.807, 2.05) is 0 Å². The van der Waals surface area contributed by atoms with Crippen molar-refractivity contribution in [2.24, 2.45) is 0 Å². The molecule has 1 aliphatic rings. The van der Waals surface area contributed by atoms with Gasteiger partial charge in [-0.2, -0.15) is 0 Å². The molecule has 0 radical (unpaired) electrons. The standard InChI is InChI=1S/C12H16FNO/c13-11-5-3-4-10(8-11)12(15)9-14-6-1-2-7-14/h3-5,8,12,15H,1-2,6-7,9H2. The number of hydrogen-bond donors (Lipinski definition) is 1. The van der Waals surface area contributed by atoms with Gasteiger partial charge in [0.05, 0.1) is 6.10 Å². The maximum absolute atomic E-state index is 12.9. The minimum atomic E-state index is -0.571. The highest BCUT2D eigenvalue weighted by atomic mass is 19.1. The van der Waals surface area contributed by atoms with Crippen LogP contribution in [0.25, 0.3) is 0 Å². The van der Waals surface area contributed by atoms with Crippen LogP contribution in [0.3, 0.4) is 0 Å². The topological polar surface area (TPSA) is 23.5 Å². The summed E-state index contributed by atoms with van der Waals surface area (Å²) in [5.41, 5.74) is 0.668. The van der Waals surface area contributed by atoms with Crippen molar-refractivity contribution in [3.63, 3.8) is 0 Å². The molecule has 1 fully saturated rings. The molecule has 1 saturated heterocycles. The van der Waals surface area contributed by atoms with Gasteiger partial charge in [0.1, 0.15) is 5.82 Å². The van der Waals surface area contributed by atoms with Gasteiger partial charge in [-0.15, -0.1) is 0 Å². The van der Waals surface area contributed by atoms with Crippen molar-refractivity contribution in [1.82, 2.24) is 4.90 Å². The Morgan fingerprint density at radius 2 is 2.07 bits per heavy atom. The lowest BCUT2D eigenvalue weighted by molar-refractivity contribution is 0.126. The Hall–Kier alpha value is -0.930. The molecule has 0 saturated carbocycles. The quantitative estimate of drug-likeness (QED) is 0.822. The van der Waals surface area contributed by atoms with Gasteiger partial charge in [0.25, 0.3) is 0 Å². The van der Waals surface area contributed by atoms with Crippen LogP contribution in [0.2, 0.25) is 0 Å². The predicted molar refractivity (Wildman–Crippen MR) is 57.0 cm³/mol. The Bertz CT molecular complexity index is 323. The maximum atomic E-state index is 12.9. The molecule has 1 N–H and O–H groups in total. The van der Waals surface area contributed by atoms with Crippen LogP contribution in [0.1, 0.15) is 24.5 Å². The molecule has 0 aliphatic carbocycles. The zero-order valence-corrected chi connectivity index (χ0v) is 8.69. The summed E-state index contributed by atoms with van der Waals surface area (Å²) < 4.78 is 12.9. The Balaban J connectivity index is 1.97. The van der Waals surface area contributed by atoms with E-state index in [0.29, 0.717) is 12.1 Å². The molecular formula is C12H16FNO. The summed E-state index contributed by atoms with van der Waals surface area (Å²) in [6.07, 6.45) is 1.84. The van der Waals surface area contributed by atoms with Gasteiger partial charge in [-0.3, -0.25) is 0 Å². The largest absolute Gasteiger partial charge is 0.387 e. The second-order valence-electron chi connectivity index (χ2n) is 4.08. The number of aliphatic hydroxyl groups excluding tert-OH is 1. The molecule has 0 spiro atoms. The molecule has 1 aromatic carbocycles. The van der Waals surface area contributed by atoms with Gasteiger partial charge in [-0.05, 0) is 43.6 Å². The van der Waals surface area contributed by atoms with Gasteiger partial charge >= 0.3 is 0 Å². The van der Waals surface area contributed by atoms with Gasteiger partial charge in [-0.1, -0.05) is 12.1 Å². The maximum Gasteiger partial charge on any atom is 0.123 e. The van der Waals surface area contributed by atoms with E-state index < -0.39 is 6.10 Å². The molecule has 3 heteroatoms. The van der Waals surface area contributed by atoms with E-state index in [-0.39, 0.29) is 5.82 Å². The molecule has 1 unspecified atom stereocenters. The van der Waals surface area contributed by atoms with Gasteiger partial charge in [0.15, 0.2) is 0 Å². The average molecular weight is 209 g/mol. The molecule has 82 valence electrons. The molecule has 15 heavy (non-hydrogen) atoms. The molecule has 1 heterocycles. The van der Waals surface area contributed by atoms with Gasteiger partial charge in [-0.25, -0.2) is 4.39 Å². The molecule has 0 bridgehead atoms. The Morgan fingerprint density at radius 3 is 2.73 bits per heavy atom. The third-order valence-corrected chi connectivity index (χ3v) is 2.86. The first kappa shape index (κ1) is 10.6. The highest BCUT2D eigenvalue weighted by Crippen LogP contribution is 2.17. The first-order valence-electron chi connectivity index (χ1n) is 5.41. The van der Waals surface area contributed by atoms with Crippen LogP contribution in [0.15, 0.2) is 24.3 Å². The second kappa shape index (κ2) is 4.73. The number of nitrogens with zero attached hydrogens (tertiary/aromatic N) is 1. The Kier molecular flexibility index (Phi) is 3.34. The number of aliphatic hydroxyl groups is 1. The number of halogens is 1. The van der Waals surface area contributed by atoms with Crippen molar-refractivity contribution in [3.05, 3.63) is 35.6 Å². The van der Waals surface area contributed by atoms with E-state index in [1.54, 1.807) is 12.1 Å². The smallest absolute Gasteiger partial charge is 0.123 e. The van der Waals surface area contributed by atoms with Crippen LogP contribution in [0, 0.1) is 5.82 Å². The van der Waals surface area contributed by atoms with Crippen molar-refractivity contribution in [3.8, 4) is 0 Å². The molecular weight excluding hydrogens is 193 g/mol. The third-order valence-electron chi connectivity index (χ3n) is 2.86. The molecule has 1 aromatic rings. The van der Waals surface area contributed by atoms with Gasteiger partial charge in [0.2, 0.25) is 0 Å². The summed E-state index contributed by atoms with van der Waals surface area (Å²) in [6, 6.07) is 6.20. The minimum absolute atomic E-state index is 0.284. The highest BCUT2D eigenvalue weighted by molar-refractivity contribution is 5.19. The number of rotatable bonds is 3. The van der Waals surface area contributed by atoms with E-state index >= 15 is 0 Å². The fourth-order valence-electron chi connectivity index (χ4n) is 2.03. The molecule has 1 aliphatic heterocycles. The molecule has 1 atom stereocenters. The number of likely N-dealkylation sites (tertiary alicyclic amines) is 1. The summed E-state index contributed by atoms with van der Waals surface area (Å²) in [4.78, 5) is 2.22. The van der Waals surface area contributed by atoms with E-state index in [0.717, 1.165) is 13.1 Å². The van der Waals surface area contributed by atoms with Crippen LogP contribution in [-0.2, 0) is 0 Å². The third kappa shape index (κ3) is 2.76. The molecule has 0 aromatic heterocycles. The van der Waals surface area contributed by atoms with Crippen LogP contribution in [0.5, 0.6) is 0 Å². The fourth-order valence-corrected chi connectivity index (χ4v) is 2.03. The zero-order valence-electron chi connectivity index (χ0n) is 8.69. The van der Waals surface area contributed by atoms with Crippen LogP contribution < -0.4 is 0 Å². The van der Waals surface area contributed by atoms with Crippen molar-refractivity contribution < 1.29 is 9.50 Å². The SMILES string of the molecule is OC(CN1CCCC1)c1cccc(F)c1. The Labute approximate surface area is 89.3 Å². The normalized spacial score (nSPS) is 19.3. The molecule has 0 amide bonds. The average Bonchev–Trinajstić information content (AvgIpc) is 2.70. The first-order valence-corrected chi connectivity index (χ1v) is 5.41.